The van der Waals surface area contributed by atoms with E-state index in [0.717, 1.165) is 22.7 Å². The maximum atomic E-state index is 12.4. The van der Waals surface area contributed by atoms with Crippen molar-refractivity contribution in [3.63, 3.8) is 0 Å². The highest BCUT2D eigenvalue weighted by Crippen LogP contribution is 2.24. The van der Waals surface area contributed by atoms with Crippen LogP contribution >= 0.6 is 11.3 Å². The zero-order valence-electron chi connectivity index (χ0n) is 12.6. The molecular formula is C16H21N3OS. The molecule has 4 nitrogen and oxygen atoms in total. The van der Waals surface area contributed by atoms with Crippen molar-refractivity contribution in [2.45, 2.75) is 32.6 Å². The Labute approximate surface area is 129 Å². The number of hydrogen-bond donors (Lipinski definition) is 2. The number of aromatic nitrogens is 1. The zero-order valence-corrected chi connectivity index (χ0v) is 13.5. The Balaban J connectivity index is 1.93. The topological polar surface area (TPSA) is 68.0 Å². The van der Waals surface area contributed by atoms with Gasteiger partial charge >= 0.3 is 0 Å². The smallest absolute Gasteiger partial charge is 0.230 e. The molecule has 0 atom stereocenters. The zero-order chi connectivity index (χ0) is 15.5. The number of aryl methyl sites for hydroxylation is 1. The van der Waals surface area contributed by atoms with Crippen molar-refractivity contribution in [3.05, 3.63) is 45.9 Å². The van der Waals surface area contributed by atoms with Crippen molar-refractivity contribution in [2.75, 3.05) is 12.3 Å². The van der Waals surface area contributed by atoms with E-state index in [9.17, 15) is 4.79 Å². The summed E-state index contributed by atoms with van der Waals surface area (Å²) < 4.78 is 0. The Morgan fingerprint density at radius 1 is 1.33 bits per heavy atom. The molecule has 0 aliphatic carbocycles. The van der Waals surface area contributed by atoms with E-state index in [0.29, 0.717) is 12.2 Å². The van der Waals surface area contributed by atoms with Gasteiger partial charge in [-0.15, -0.1) is 11.3 Å². The van der Waals surface area contributed by atoms with E-state index in [1.165, 1.54) is 0 Å². The Bertz CT molecular complexity index is 617. The lowest BCUT2D eigenvalue weighted by molar-refractivity contribution is -0.125. The quantitative estimate of drug-likeness (QED) is 0.834. The van der Waals surface area contributed by atoms with Crippen LogP contribution in [-0.4, -0.2) is 17.4 Å². The van der Waals surface area contributed by atoms with Crippen molar-refractivity contribution >= 4 is 22.9 Å². The summed E-state index contributed by atoms with van der Waals surface area (Å²) in [5.41, 5.74) is 7.80. The number of thiazole rings is 1. The van der Waals surface area contributed by atoms with Gasteiger partial charge in [-0.1, -0.05) is 12.1 Å². The summed E-state index contributed by atoms with van der Waals surface area (Å²) in [6.45, 7) is 6.41. The molecule has 1 aromatic carbocycles. The molecule has 0 saturated heterocycles. The molecule has 0 fully saturated rings. The summed E-state index contributed by atoms with van der Waals surface area (Å²) >= 11 is 1.63. The van der Waals surface area contributed by atoms with E-state index in [1.807, 2.05) is 50.4 Å². The predicted molar refractivity (Wildman–Crippen MR) is 87.4 cm³/mol. The fourth-order valence-electron chi connectivity index (χ4n) is 2.05. The lowest BCUT2D eigenvalue weighted by Gasteiger charge is -2.24. The van der Waals surface area contributed by atoms with Crippen LogP contribution in [0.25, 0.3) is 0 Å². The minimum absolute atomic E-state index is 0.0144. The average Bonchev–Trinajstić information content (AvgIpc) is 2.85. The van der Waals surface area contributed by atoms with Crippen molar-refractivity contribution in [3.8, 4) is 0 Å². The Morgan fingerprint density at radius 2 is 2.00 bits per heavy atom. The molecule has 0 aliphatic heterocycles. The van der Waals surface area contributed by atoms with Crippen LogP contribution < -0.4 is 11.1 Å². The molecule has 21 heavy (non-hydrogen) atoms. The van der Waals surface area contributed by atoms with Crippen LogP contribution in [0.3, 0.4) is 0 Å². The molecule has 0 unspecified atom stereocenters. The van der Waals surface area contributed by atoms with Gasteiger partial charge in [0.05, 0.1) is 10.4 Å². The van der Waals surface area contributed by atoms with Gasteiger partial charge in [-0.3, -0.25) is 4.79 Å². The van der Waals surface area contributed by atoms with E-state index < -0.39 is 5.41 Å². The second kappa shape index (κ2) is 6.26. The van der Waals surface area contributed by atoms with E-state index in [1.54, 1.807) is 11.3 Å². The molecule has 0 spiro atoms. The fourth-order valence-corrected chi connectivity index (χ4v) is 2.83. The number of nitrogens with two attached hydrogens (primary N) is 1. The van der Waals surface area contributed by atoms with Crippen LogP contribution in [0.5, 0.6) is 0 Å². The Hall–Kier alpha value is -1.88. The molecule has 0 bridgehead atoms. The third-order valence-corrected chi connectivity index (χ3v) is 4.52. The molecule has 0 aliphatic rings. The molecule has 1 amide bonds. The first-order valence-corrected chi connectivity index (χ1v) is 7.83. The highest BCUT2D eigenvalue weighted by Gasteiger charge is 2.29. The minimum Gasteiger partial charge on any atom is -0.399 e. The van der Waals surface area contributed by atoms with Gasteiger partial charge in [0.2, 0.25) is 5.91 Å². The largest absolute Gasteiger partial charge is 0.399 e. The average molecular weight is 303 g/mol. The van der Waals surface area contributed by atoms with Crippen LogP contribution in [0.4, 0.5) is 5.69 Å². The maximum absolute atomic E-state index is 12.4. The van der Waals surface area contributed by atoms with Crippen molar-refractivity contribution in [1.82, 2.24) is 10.3 Å². The summed E-state index contributed by atoms with van der Waals surface area (Å²) in [4.78, 5) is 16.8. The standard InChI is InChI=1S/C16H21N3OS/c1-11-10-21-14(19-11)8-9-18-15(20)16(2,3)12-4-6-13(17)7-5-12/h4-7,10H,8-9,17H2,1-3H3,(H,18,20). The van der Waals surface area contributed by atoms with Gasteiger partial charge in [0.1, 0.15) is 0 Å². The first-order chi connectivity index (χ1) is 9.89. The van der Waals surface area contributed by atoms with Gasteiger partial charge < -0.3 is 11.1 Å². The highest BCUT2D eigenvalue weighted by atomic mass is 32.1. The van der Waals surface area contributed by atoms with Gasteiger partial charge in [-0.2, -0.15) is 0 Å². The summed E-state index contributed by atoms with van der Waals surface area (Å²) in [6.07, 6.45) is 0.766. The lowest BCUT2D eigenvalue weighted by atomic mass is 9.83. The van der Waals surface area contributed by atoms with Crippen LogP contribution in [0.1, 0.15) is 30.1 Å². The Morgan fingerprint density at radius 3 is 2.57 bits per heavy atom. The van der Waals surface area contributed by atoms with Crippen molar-refractivity contribution < 1.29 is 4.79 Å². The Kier molecular flexibility index (Phi) is 4.63. The molecule has 5 heteroatoms. The first kappa shape index (κ1) is 15.5. The van der Waals surface area contributed by atoms with Gasteiger partial charge in [0.25, 0.3) is 0 Å². The van der Waals surface area contributed by atoms with Gasteiger partial charge in [-0.25, -0.2) is 4.98 Å². The van der Waals surface area contributed by atoms with E-state index in [2.05, 4.69) is 10.3 Å². The van der Waals surface area contributed by atoms with Gasteiger partial charge in [-0.05, 0) is 38.5 Å². The summed E-state index contributed by atoms with van der Waals surface area (Å²) in [6, 6.07) is 7.45. The highest BCUT2D eigenvalue weighted by molar-refractivity contribution is 7.09. The SMILES string of the molecule is Cc1csc(CCNC(=O)C(C)(C)c2ccc(N)cc2)n1. The van der Waals surface area contributed by atoms with Gasteiger partial charge in [0.15, 0.2) is 0 Å². The molecule has 1 heterocycles. The number of rotatable bonds is 5. The monoisotopic (exact) mass is 303 g/mol. The second-order valence-electron chi connectivity index (χ2n) is 5.64. The number of carbonyl (C=O) groups is 1. The number of carbonyl (C=O) groups excluding carboxylic acids is 1. The first-order valence-electron chi connectivity index (χ1n) is 6.95. The normalized spacial score (nSPS) is 11.4. The number of nitrogen functional groups attached to an aromatic ring is 1. The van der Waals surface area contributed by atoms with Gasteiger partial charge in [0, 0.05) is 29.7 Å². The van der Waals surface area contributed by atoms with Crippen molar-refractivity contribution in [1.29, 1.82) is 0 Å². The number of amides is 1. The fraction of sp³-hybridized carbons (Fsp3) is 0.375. The van der Waals surface area contributed by atoms with Crippen LogP contribution in [-0.2, 0) is 16.6 Å². The van der Waals surface area contributed by atoms with Crippen molar-refractivity contribution in [2.24, 2.45) is 0 Å². The minimum atomic E-state index is -0.577. The van der Waals surface area contributed by atoms with Crippen LogP contribution in [0, 0.1) is 6.92 Å². The van der Waals surface area contributed by atoms with E-state index in [-0.39, 0.29) is 5.91 Å². The van der Waals surface area contributed by atoms with E-state index in [4.69, 9.17) is 5.73 Å². The summed E-state index contributed by atoms with van der Waals surface area (Å²) in [7, 11) is 0. The van der Waals surface area contributed by atoms with Crippen LogP contribution in [0.15, 0.2) is 29.6 Å². The number of nitrogens with zero attached hydrogens (tertiary/aromatic N) is 1. The third-order valence-electron chi connectivity index (χ3n) is 3.49. The molecular weight excluding hydrogens is 282 g/mol. The molecule has 0 saturated carbocycles. The lowest BCUT2D eigenvalue weighted by Crippen LogP contribution is -2.40. The maximum Gasteiger partial charge on any atom is 0.230 e. The second-order valence-corrected chi connectivity index (χ2v) is 6.58. The predicted octanol–water partition coefficient (Wildman–Crippen LogP) is 2.67. The number of nitrogens with one attached hydrogen (secondary N) is 1. The molecule has 1 aromatic heterocycles. The molecule has 0 radical (unpaired) electrons. The molecule has 2 rings (SSSR count). The van der Waals surface area contributed by atoms with Crippen LogP contribution in [0.2, 0.25) is 0 Å². The molecule has 112 valence electrons. The summed E-state index contributed by atoms with van der Waals surface area (Å²) in [5.74, 6) is 0.0144. The summed E-state index contributed by atoms with van der Waals surface area (Å²) in [5, 5.41) is 6.07. The number of benzene rings is 1. The number of anilines is 1. The molecule has 2 aromatic rings. The number of hydrogen-bond acceptors (Lipinski definition) is 4. The third kappa shape index (κ3) is 3.82. The molecule has 3 N–H and O–H groups in total. The van der Waals surface area contributed by atoms with E-state index >= 15 is 0 Å².